The first-order valence-electron chi connectivity index (χ1n) is 6.88. The molecule has 0 aliphatic heterocycles. The molecule has 22 heavy (non-hydrogen) atoms. The molecule has 0 saturated heterocycles. The summed E-state index contributed by atoms with van der Waals surface area (Å²) < 4.78 is 5.04. The molecule has 2 aromatic rings. The number of carbonyl (C=O) groups excluding carboxylic acids is 2. The van der Waals surface area contributed by atoms with E-state index in [0.29, 0.717) is 17.7 Å². The minimum atomic E-state index is -0.753. The van der Waals surface area contributed by atoms with Crippen LogP contribution in [0.2, 0.25) is 0 Å². The highest BCUT2D eigenvalue weighted by atomic mass is 16.5. The lowest BCUT2D eigenvalue weighted by molar-refractivity contribution is -0.119. The largest absolute Gasteiger partial charge is 0.497 e. The van der Waals surface area contributed by atoms with Gasteiger partial charge in [-0.05, 0) is 29.8 Å². The van der Waals surface area contributed by atoms with Gasteiger partial charge in [-0.1, -0.05) is 30.3 Å². The van der Waals surface area contributed by atoms with Gasteiger partial charge in [0, 0.05) is 12.0 Å². The highest BCUT2D eigenvalue weighted by Gasteiger charge is 2.19. The Bertz CT molecular complexity index is 639. The Balaban J connectivity index is 2.06. The summed E-state index contributed by atoms with van der Waals surface area (Å²) >= 11 is 0. The van der Waals surface area contributed by atoms with Crippen molar-refractivity contribution >= 4 is 11.8 Å². The van der Waals surface area contributed by atoms with Crippen molar-refractivity contribution in [3.63, 3.8) is 0 Å². The molecule has 1 atom stereocenters. The average molecular weight is 298 g/mol. The van der Waals surface area contributed by atoms with Gasteiger partial charge in [-0.15, -0.1) is 0 Å². The first-order valence-corrected chi connectivity index (χ1v) is 6.88. The topological polar surface area (TPSA) is 81.4 Å². The summed E-state index contributed by atoms with van der Waals surface area (Å²) in [5.74, 6) is -0.250. The smallest absolute Gasteiger partial charge is 0.251 e. The molecule has 2 rings (SSSR count). The summed E-state index contributed by atoms with van der Waals surface area (Å²) in [4.78, 5) is 23.7. The molecule has 3 N–H and O–H groups in total. The minimum absolute atomic E-state index is 0.345. The van der Waals surface area contributed by atoms with E-state index < -0.39 is 11.9 Å². The fraction of sp³-hybridized carbons (Fsp3) is 0.176. The van der Waals surface area contributed by atoms with Gasteiger partial charge in [-0.25, -0.2) is 0 Å². The van der Waals surface area contributed by atoms with Crippen LogP contribution in [0, 0.1) is 0 Å². The molecule has 0 heterocycles. The molecule has 114 valence electrons. The highest BCUT2D eigenvalue weighted by molar-refractivity contribution is 5.97. The Hall–Kier alpha value is -2.82. The highest BCUT2D eigenvalue weighted by Crippen LogP contribution is 2.11. The molecule has 0 saturated carbocycles. The first kappa shape index (κ1) is 15.6. The van der Waals surface area contributed by atoms with E-state index in [1.807, 2.05) is 30.3 Å². The quantitative estimate of drug-likeness (QED) is 0.848. The molecule has 0 aromatic heterocycles. The van der Waals surface area contributed by atoms with E-state index in [2.05, 4.69) is 5.32 Å². The molecule has 5 heteroatoms. The Kier molecular flexibility index (Phi) is 5.14. The van der Waals surface area contributed by atoms with Gasteiger partial charge in [0.15, 0.2) is 0 Å². The van der Waals surface area contributed by atoms with E-state index >= 15 is 0 Å². The summed E-state index contributed by atoms with van der Waals surface area (Å²) in [6, 6.07) is 15.3. The van der Waals surface area contributed by atoms with Crippen molar-refractivity contribution in [1.29, 1.82) is 0 Å². The number of hydrogen-bond acceptors (Lipinski definition) is 3. The Labute approximate surface area is 129 Å². The third-order valence-electron chi connectivity index (χ3n) is 3.28. The predicted molar refractivity (Wildman–Crippen MR) is 83.6 cm³/mol. The van der Waals surface area contributed by atoms with Crippen LogP contribution in [-0.2, 0) is 11.2 Å². The van der Waals surface area contributed by atoms with Gasteiger partial charge in [0.05, 0.1) is 7.11 Å². The maximum absolute atomic E-state index is 12.2. The second kappa shape index (κ2) is 7.26. The van der Waals surface area contributed by atoms with Crippen LogP contribution in [0.4, 0.5) is 0 Å². The molecule has 0 aliphatic rings. The van der Waals surface area contributed by atoms with Gasteiger partial charge in [0.2, 0.25) is 5.91 Å². The second-order valence-corrected chi connectivity index (χ2v) is 4.85. The van der Waals surface area contributed by atoms with Crippen LogP contribution in [0.1, 0.15) is 15.9 Å². The molecule has 0 radical (unpaired) electrons. The SMILES string of the molecule is COc1ccc(C(=O)NC(Cc2ccccc2)C(N)=O)cc1. The van der Waals surface area contributed by atoms with Gasteiger partial charge in [-0.2, -0.15) is 0 Å². The molecular formula is C17H18N2O3. The van der Waals surface area contributed by atoms with Crippen LogP contribution in [-0.4, -0.2) is 25.0 Å². The number of rotatable bonds is 6. The number of nitrogens with one attached hydrogen (secondary N) is 1. The van der Waals surface area contributed by atoms with Crippen molar-refractivity contribution in [1.82, 2.24) is 5.32 Å². The Morgan fingerprint density at radius 2 is 1.73 bits per heavy atom. The number of primary amides is 1. The van der Waals surface area contributed by atoms with Crippen molar-refractivity contribution < 1.29 is 14.3 Å². The summed E-state index contributed by atoms with van der Waals surface area (Å²) in [7, 11) is 1.55. The third kappa shape index (κ3) is 4.09. The fourth-order valence-electron chi connectivity index (χ4n) is 2.06. The maximum atomic E-state index is 12.2. The normalized spacial score (nSPS) is 11.5. The predicted octanol–water partition coefficient (Wildman–Crippen LogP) is 1.52. The average Bonchev–Trinajstić information content (AvgIpc) is 2.55. The monoisotopic (exact) mass is 298 g/mol. The van der Waals surface area contributed by atoms with Crippen LogP contribution >= 0.6 is 0 Å². The van der Waals surface area contributed by atoms with Gasteiger partial charge in [0.25, 0.3) is 5.91 Å². The van der Waals surface area contributed by atoms with Crippen molar-refractivity contribution in [2.45, 2.75) is 12.5 Å². The molecular weight excluding hydrogens is 280 g/mol. The zero-order valence-electron chi connectivity index (χ0n) is 12.3. The van der Waals surface area contributed by atoms with Gasteiger partial charge >= 0.3 is 0 Å². The van der Waals surface area contributed by atoms with Crippen molar-refractivity contribution in [2.75, 3.05) is 7.11 Å². The summed E-state index contributed by atoms with van der Waals surface area (Å²) in [6.45, 7) is 0. The zero-order valence-corrected chi connectivity index (χ0v) is 12.3. The van der Waals surface area contributed by atoms with Gasteiger partial charge in [-0.3, -0.25) is 9.59 Å². The molecule has 0 aliphatic carbocycles. The van der Waals surface area contributed by atoms with Crippen LogP contribution < -0.4 is 15.8 Å². The minimum Gasteiger partial charge on any atom is -0.497 e. The molecule has 0 spiro atoms. The second-order valence-electron chi connectivity index (χ2n) is 4.85. The molecule has 2 aromatic carbocycles. The molecule has 1 unspecified atom stereocenters. The van der Waals surface area contributed by atoms with E-state index in [4.69, 9.17) is 10.5 Å². The lowest BCUT2D eigenvalue weighted by atomic mass is 10.0. The summed E-state index contributed by atoms with van der Waals surface area (Å²) in [6.07, 6.45) is 0.359. The standard InChI is InChI=1S/C17H18N2O3/c1-22-14-9-7-13(8-10-14)17(21)19-15(16(18)20)11-12-5-3-2-4-6-12/h2-10,15H,11H2,1H3,(H2,18,20)(H,19,21). The molecule has 2 amide bonds. The lowest BCUT2D eigenvalue weighted by Crippen LogP contribution is -2.45. The number of carbonyl (C=O) groups is 2. The zero-order chi connectivity index (χ0) is 15.9. The van der Waals surface area contributed by atoms with Crippen molar-refractivity contribution in [3.05, 3.63) is 65.7 Å². The van der Waals surface area contributed by atoms with Crippen LogP contribution in [0.3, 0.4) is 0 Å². The fourth-order valence-corrected chi connectivity index (χ4v) is 2.06. The van der Waals surface area contributed by atoms with E-state index in [1.165, 1.54) is 0 Å². The molecule has 5 nitrogen and oxygen atoms in total. The van der Waals surface area contributed by atoms with Crippen LogP contribution in [0.15, 0.2) is 54.6 Å². The van der Waals surface area contributed by atoms with Crippen molar-refractivity contribution in [3.8, 4) is 5.75 Å². The number of benzene rings is 2. The number of methoxy groups -OCH3 is 1. The summed E-state index contributed by atoms with van der Waals surface area (Å²) in [5, 5.41) is 2.66. The van der Waals surface area contributed by atoms with E-state index in [-0.39, 0.29) is 5.91 Å². The van der Waals surface area contributed by atoms with E-state index in [9.17, 15) is 9.59 Å². The first-order chi connectivity index (χ1) is 10.6. The van der Waals surface area contributed by atoms with E-state index in [0.717, 1.165) is 5.56 Å². The third-order valence-corrected chi connectivity index (χ3v) is 3.28. The maximum Gasteiger partial charge on any atom is 0.251 e. The lowest BCUT2D eigenvalue weighted by Gasteiger charge is -2.15. The number of ether oxygens (including phenoxy) is 1. The molecule has 0 bridgehead atoms. The van der Waals surface area contributed by atoms with Crippen LogP contribution in [0.5, 0.6) is 5.75 Å². The van der Waals surface area contributed by atoms with Gasteiger partial charge in [0.1, 0.15) is 11.8 Å². The van der Waals surface area contributed by atoms with E-state index in [1.54, 1.807) is 31.4 Å². The summed E-state index contributed by atoms with van der Waals surface area (Å²) in [5.41, 5.74) is 6.76. The van der Waals surface area contributed by atoms with Crippen molar-refractivity contribution in [2.24, 2.45) is 5.73 Å². The van der Waals surface area contributed by atoms with Gasteiger partial charge < -0.3 is 15.8 Å². The molecule has 0 fully saturated rings. The Morgan fingerprint density at radius 1 is 1.09 bits per heavy atom. The number of hydrogen-bond donors (Lipinski definition) is 2. The Morgan fingerprint density at radius 3 is 2.27 bits per heavy atom. The van der Waals surface area contributed by atoms with Crippen LogP contribution in [0.25, 0.3) is 0 Å². The number of amides is 2. The number of nitrogens with two attached hydrogens (primary N) is 1.